The molecule has 0 N–H and O–H groups in total. The fraction of sp³-hybridized carbons (Fsp3) is 0.441. The summed E-state index contributed by atoms with van der Waals surface area (Å²) < 4.78 is 2.80. The molecular weight excluding hydrogens is 888 g/mol. The number of hydrogen-bond donors (Lipinski definition) is 0. The fourth-order valence-electron chi connectivity index (χ4n) is 13.4. The maximum absolute atomic E-state index is 2.78. The Hall–Kier alpha value is -5.06. The number of anilines is 6. The molecule has 7 aromatic rings. The third-order valence-corrected chi connectivity index (χ3v) is 19.4. The molecule has 4 aliphatic rings. The molecule has 0 atom stereocenters. The highest BCUT2D eigenvalue weighted by Gasteiger charge is 2.50. The molecule has 11 rings (SSSR count). The van der Waals surface area contributed by atoms with Gasteiger partial charge in [-0.25, -0.2) is 0 Å². The van der Waals surface area contributed by atoms with Crippen molar-refractivity contribution in [2.24, 2.45) is 0 Å². The Morgan fingerprint density at radius 3 is 1.67 bits per heavy atom. The van der Waals surface area contributed by atoms with E-state index in [9.17, 15) is 0 Å². The monoisotopic (exact) mass is 969 g/mol. The van der Waals surface area contributed by atoms with Crippen LogP contribution in [0.15, 0.2) is 97.1 Å². The van der Waals surface area contributed by atoms with Crippen molar-refractivity contribution in [1.82, 2.24) is 0 Å². The minimum atomic E-state index is -0.0426. The molecule has 6 aromatic carbocycles. The number of hydrogen-bond acceptors (Lipinski definition) is 3. The summed E-state index contributed by atoms with van der Waals surface area (Å²) in [5, 5.41) is 1.36. The highest BCUT2D eigenvalue weighted by atomic mass is 32.1. The highest BCUT2D eigenvalue weighted by molar-refractivity contribution is 7.33. The van der Waals surface area contributed by atoms with Gasteiger partial charge in [-0.15, -0.1) is 11.3 Å². The van der Waals surface area contributed by atoms with Crippen LogP contribution in [0, 0.1) is 13.8 Å². The molecular formula is C68H81BN2S. The quantitative estimate of drug-likeness (QED) is 0.163. The minimum Gasteiger partial charge on any atom is -0.311 e. The summed E-state index contributed by atoms with van der Waals surface area (Å²) in [4.78, 5) is 5.51. The van der Waals surface area contributed by atoms with Crippen LogP contribution in [0.5, 0.6) is 0 Å². The summed E-state index contributed by atoms with van der Waals surface area (Å²) in [6.07, 6.45) is 4.71. The zero-order chi connectivity index (χ0) is 51.8. The SMILES string of the molecule is Cc1cc2c3c(c1)N(c1c(C)cc(C(C)(C)C)cc1-c1ccc4c(c1)C(C)(C)CCC4(C)C)c1c(sc4ccc(C(C)(C)C)cc14)B3c1ccc3c(c1N2c1ccc(C(C)(C)C)cc1)C(C)(C)CCC3(C)C. The van der Waals surface area contributed by atoms with Crippen LogP contribution in [0.25, 0.3) is 21.2 Å². The van der Waals surface area contributed by atoms with Crippen molar-refractivity contribution in [3.63, 3.8) is 0 Å². The van der Waals surface area contributed by atoms with E-state index < -0.39 is 0 Å². The lowest BCUT2D eigenvalue weighted by Crippen LogP contribution is -2.61. The zero-order valence-corrected chi connectivity index (χ0v) is 48.3. The van der Waals surface area contributed by atoms with Gasteiger partial charge < -0.3 is 9.80 Å². The van der Waals surface area contributed by atoms with Crippen LogP contribution in [-0.4, -0.2) is 6.71 Å². The molecule has 0 amide bonds. The van der Waals surface area contributed by atoms with Gasteiger partial charge in [-0.1, -0.05) is 172 Å². The van der Waals surface area contributed by atoms with Crippen molar-refractivity contribution in [3.05, 3.63) is 147 Å². The predicted molar refractivity (Wildman–Crippen MR) is 317 cm³/mol. The normalized spacial score (nSPS) is 18.3. The molecule has 0 radical (unpaired) electrons. The molecule has 0 unspecified atom stereocenters. The molecule has 72 heavy (non-hydrogen) atoms. The molecule has 2 nitrogen and oxygen atoms in total. The molecule has 0 saturated carbocycles. The van der Waals surface area contributed by atoms with Gasteiger partial charge in [-0.2, -0.15) is 0 Å². The second-order valence-electron chi connectivity index (χ2n) is 28.6. The number of fused-ring (bicyclic) bond motifs is 9. The van der Waals surface area contributed by atoms with Crippen LogP contribution < -0.4 is 25.5 Å². The molecule has 2 aliphatic carbocycles. The van der Waals surface area contributed by atoms with E-state index in [1.54, 1.807) is 0 Å². The lowest BCUT2D eigenvalue weighted by atomic mass is 9.35. The molecule has 0 bridgehead atoms. The maximum atomic E-state index is 2.78. The van der Waals surface area contributed by atoms with Crippen molar-refractivity contribution in [2.75, 3.05) is 9.80 Å². The highest BCUT2D eigenvalue weighted by Crippen LogP contribution is 2.57. The summed E-state index contributed by atoms with van der Waals surface area (Å²) in [5.41, 5.74) is 26.3. The van der Waals surface area contributed by atoms with Gasteiger partial charge in [-0.3, -0.25) is 0 Å². The number of benzene rings is 6. The Balaban J connectivity index is 1.29. The Kier molecular flexibility index (Phi) is 10.7. The number of aryl methyl sites for hydroxylation is 2. The van der Waals surface area contributed by atoms with Gasteiger partial charge in [0.1, 0.15) is 0 Å². The average Bonchev–Trinajstić information content (AvgIpc) is 3.67. The standard InChI is InChI=1S/C68H81BN2S/c1-40-34-53-57-54(35-40)71(58-41(2)36-45(64(9,10)11)39-47(58)42-20-26-49-51(37-42)67(16,17)31-30-65(49,12)13)59-48-38-44(63(6,7)8)23-29-55(48)72-61(59)69(57)52-28-27-50-56(68(18,19)33-32-66(50,14)15)60(52)70(53)46-24-21-43(22-25-46)62(3,4)5/h20-29,34-39H,30-33H2,1-19H3. The van der Waals surface area contributed by atoms with E-state index in [4.69, 9.17) is 0 Å². The van der Waals surface area contributed by atoms with E-state index >= 15 is 0 Å². The van der Waals surface area contributed by atoms with Crippen LogP contribution in [0.4, 0.5) is 34.1 Å². The van der Waals surface area contributed by atoms with E-state index in [0.717, 1.165) is 6.42 Å². The van der Waals surface area contributed by atoms with Crippen molar-refractivity contribution in [1.29, 1.82) is 0 Å². The van der Waals surface area contributed by atoms with Gasteiger partial charge >= 0.3 is 0 Å². The first-order chi connectivity index (χ1) is 33.4. The summed E-state index contributed by atoms with van der Waals surface area (Å²) in [6.45, 7) is 45.9. The molecule has 372 valence electrons. The first-order valence-corrected chi connectivity index (χ1v) is 28.1. The van der Waals surface area contributed by atoms with E-state index in [-0.39, 0.29) is 44.6 Å². The largest absolute Gasteiger partial charge is 0.311 e. The molecule has 1 aromatic heterocycles. The smallest absolute Gasteiger partial charge is 0.264 e. The van der Waals surface area contributed by atoms with Crippen LogP contribution in [0.1, 0.15) is 193 Å². The molecule has 0 fully saturated rings. The number of rotatable bonds is 3. The third-order valence-electron chi connectivity index (χ3n) is 18.2. The molecule has 2 aliphatic heterocycles. The Morgan fingerprint density at radius 2 is 1.04 bits per heavy atom. The lowest BCUT2D eigenvalue weighted by Gasteiger charge is -2.49. The summed E-state index contributed by atoms with van der Waals surface area (Å²) in [7, 11) is 0. The van der Waals surface area contributed by atoms with Gasteiger partial charge in [-0.05, 0) is 186 Å². The first kappa shape index (κ1) is 49.2. The Labute approximate surface area is 438 Å². The first-order valence-electron chi connectivity index (χ1n) is 27.3. The molecule has 4 heteroatoms. The van der Waals surface area contributed by atoms with Gasteiger partial charge in [0.15, 0.2) is 0 Å². The third kappa shape index (κ3) is 7.52. The minimum absolute atomic E-state index is 0.0127. The zero-order valence-electron chi connectivity index (χ0n) is 47.4. The van der Waals surface area contributed by atoms with E-state index in [1.807, 2.05) is 11.3 Å². The fourth-order valence-corrected chi connectivity index (χ4v) is 14.7. The summed E-state index contributed by atoms with van der Waals surface area (Å²) >= 11 is 2.04. The van der Waals surface area contributed by atoms with Crippen LogP contribution in [-0.2, 0) is 37.9 Å². The van der Waals surface area contributed by atoms with Crippen molar-refractivity contribution in [2.45, 2.75) is 195 Å². The van der Waals surface area contributed by atoms with Gasteiger partial charge in [0.25, 0.3) is 6.71 Å². The second-order valence-corrected chi connectivity index (χ2v) is 29.6. The number of nitrogens with zero attached hydrogens (tertiary/aromatic N) is 2. The lowest BCUT2D eigenvalue weighted by molar-refractivity contribution is 0.332. The predicted octanol–water partition coefficient (Wildman–Crippen LogP) is 17.9. The van der Waals surface area contributed by atoms with Crippen molar-refractivity contribution in [3.8, 4) is 11.1 Å². The van der Waals surface area contributed by atoms with Gasteiger partial charge in [0.05, 0.1) is 11.4 Å². The average molecular weight is 969 g/mol. The van der Waals surface area contributed by atoms with E-state index in [0.29, 0.717) is 0 Å². The summed E-state index contributed by atoms with van der Waals surface area (Å²) in [6, 6.07) is 39.9. The van der Waals surface area contributed by atoms with E-state index in [1.165, 1.54) is 140 Å². The maximum Gasteiger partial charge on any atom is 0.264 e. The van der Waals surface area contributed by atoms with Crippen molar-refractivity contribution < 1.29 is 0 Å². The van der Waals surface area contributed by atoms with Gasteiger partial charge in [0.2, 0.25) is 0 Å². The van der Waals surface area contributed by atoms with Gasteiger partial charge in [0, 0.05) is 43.2 Å². The number of thiophene rings is 1. The van der Waals surface area contributed by atoms with Crippen LogP contribution >= 0.6 is 11.3 Å². The Bertz CT molecular complexity index is 3390. The molecule has 0 spiro atoms. The molecule has 0 saturated heterocycles. The van der Waals surface area contributed by atoms with E-state index in [2.05, 4.69) is 238 Å². The molecule has 3 heterocycles. The Morgan fingerprint density at radius 1 is 0.486 bits per heavy atom. The van der Waals surface area contributed by atoms with Crippen LogP contribution in [0.3, 0.4) is 0 Å². The topological polar surface area (TPSA) is 6.48 Å². The summed E-state index contributed by atoms with van der Waals surface area (Å²) in [5.74, 6) is 0. The van der Waals surface area contributed by atoms with Crippen LogP contribution in [0.2, 0.25) is 0 Å². The van der Waals surface area contributed by atoms with Crippen molar-refractivity contribution >= 4 is 78.0 Å². The second kappa shape index (κ2) is 15.7.